The van der Waals surface area contributed by atoms with E-state index in [1.807, 2.05) is 11.9 Å². The summed E-state index contributed by atoms with van der Waals surface area (Å²) in [6.45, 7) is 2.68. The Hall–Kier alpha value is -2.84. The van der Waals surface area contributed by atoms with Gasteiger partial charge in [-0.15, -0.1) is 0 Å². The van der Waals surface area contributed by atoms with Gasteiger partial charge in [-0.25, -0.2) is 0 Å². The summed E-state index contributed by atoms with van der Waals surface area (Å²) in [5.74, 6) is 0.662. The second-order valence-electron chi connectivity index (χ2n) is 6.09. The van der Waals surface area contributed by atoms with Crippen LogP contribution in [0.5, 0.6) is 11.5 Å². The minimum Gasteiger partial charge on any atom is -0.494 e. The minimum atomic E-state index is -0.523. The molecule has 0 aliphatic heterocycles. The largest absolute Gasteiger partial charge is 0.494 e. The average molecular weight is 408 g/mol. The Balaban J connectivity index is 1.90. The molecule has 8 nitrogen and oxygen atoms in total. The van der Waals surface area contributed by atoms with Crippen LogP contribution in [0.2, 0.25) is 5.02 Å². The van der Waals surface area contributed by atoms with Crippen LogP contribution in [0.25, 0.3) is 0 Å². The molecule has 0 saturated heterocycles. The number of carbonyl (C=O) groups is 1. The third-order valence-electron chi connectivity index (χ3n) is 4.22. The number of nitro groups is 1. The molecule has 1 amide bonds. The third-order valence-corrected chi connectivity index (χ3v) is 4.47. The Labute approximate surface area is 168 Å². The highest BCUT2D eigenvalue weighted by molar-refractivity contribution is 6.30. The highest BCUT2D eigenvalue weighted by atomic mass is 35.5. The molecule has 0 fully saturated rings. The van der Waals surface area contributed by atoms with Gasteiger partial charge in [0.25, 0.3) is 5.69 Å². The first kappa shape index (κ1) is 21.5. The quantitative estimate of drug-likeness (QED) is 0.504. The minimum absolute atomic E-state index is 0.112. The number of benzene rings is 2. The molecule has 1 N–H and O–H groups in total. The van der Waals surface area contributed by atoms with Crippen molar-refractivity contribution in [3.63, 3.8) is 0 Å². The smallest absolute Gasteiger partial charge is 0.273 e. The third kappa shape index (κ3) is 5.83. The maximum atomic E-state index is 12.5. The molecule has 150 valence electrons. The van der Waals surface area contributed by atoms with E-state index in [-0.39, 0.29) is 17.3 Å². The van der Waals surface area contributed by atoms with E-state index >= 15 is 0 Å². The van der Waals surface area contributed by atoms with Crippen LogP contribution in [0, 0.1) is 10.1 Å². The van der Waals surface area contributed by atoms with E-state index < -0.39 is 11.0 Å². The van der Waals surface area contributed by atoms with Crippen LogP contribution in [0.3, 0.4) is 0 Å². The molecule has 0 heterocycles. The number of ether oxygens (including phenoxy) is 2. The van der Waals surface area contributed by atoms with Crippen molar-refractivity contribution in [2.24, 2.45) is 0 Å². The fraction of sp³-hybridized carbons (Fsp3) is 0.316. The van der Waals surface area contributed by atoms with Crippen molar-refractivity contribution in [3.8, 4) is 11.5 Å². The maximum Gasteiger partial charge on any atom is 0.273 e. The molecule has 2 aromatic rings. The van der Waals surface area contributed by atoms with Crippen molar-refractivity contribution in [2.75, 3.05) is 32.6 Å². The van der Waals surface area contributed by atoms with E-state index in [1.165, 1.54) is 25.3 Å². The first-order valence-corrected chi connectivity index (χ1v) is 8.91. The number of likely N-dealkylation sites (N-methyl/N-ethyl adjacent to an activating group) is 1. The standard InChI is InChI=1S/C19H22ClN3O5/c1-13(22(2)10-11-28-16-7-4-14(20)5-8-16)19(24)21-17-9-6-15(23(25)26)12-18(17)27-3/h4-9,12-13H,10-11H2,1-3H3,(H,21,24)/t13-/m0/s1. The Kier molecular flexibility index (Phi) is 7.60. The van der Waals surface area contributed by atoms with Crippen LogP contribution in [-0.4, -0.2) is 49.1 Å². The van der Waals surface area contributed by atoms with E-state index in [9.17, 15) is 14.9 Å². The zero-order valence-corrected chi connectivity index (χ0v) is 16.6. The summed E-state index contributed by atoms with van der Waals surface area (Å²) >= 11 is 5.83. The van der Waals surface area contributed by atoms with Gasteiger partial charge in [-0.2, -0.15) is 0 Å². The highest BCUT2D eigenvalue weighted by Crippen LogP contribution is 2.29. The number of nitro benzene ring substituents is 1. The summed E-state index contributed by atoms with van der Waals surface area (Å²) in [4.78, 5) is 24.7. The molecule has 0 bridgehead atoms. The first-order chi connectivity index (χ1) is 13.3. The lowest BCUT2D eigenvalue weighted by molar-refractivity contribution is -0.384. The first-order valence-electron chi connectivity index (χ1n) is 8.53. The van der Waals surface area contributed by atoms with Crippen LogP contribution in [0.1, 0.15) is 6.92 Å². The molecule has 28 heavy (non-hydrogen) atoms. The molecular weight excluding hydrogens is 386 g/mol. The summed E-state index contributed by atoms with van der Waals surface area (Å²) < 4.78 is 10.8. The van der Waals surface area contributed by atoms with Gasteiger partial charge in [-0.1, -0.05) is 11.6 Å². The Morgan fingerprint density at radius 3 is 2.57 bits per heavy atom. The Morgan fingerprint density at radius 2 is 1.96 bits per heavy atom. The van der Waals surface area contributed by atoms with Gasteiger partial charge in [0.05, 0.1) is 29.8 Å². The zero-order valence-electron chi connectivity index (χ0n) is 15.8. The van der Waals surface area contributed by atoms with Gasteiger partial charge < -0.3 is 14.8 Å². The Bertz CT molecular complexity index is 829. The van der Waals surface area contributed by atoms with E-state index in [0.717, 1.165) is 0 Å². The van der Waals surface area contributed by atoms with Crippen molar-refractivity contribution in [2.45, 2.75) is 13.0 Å². The van der Waals surface area contributed by atoms with Gasteiger partial charge in [0.1, 0.15) is 18.1 Å². The van der Waals surface area contributed by atoms with Crippen LogP contribution in [0.15, 0.2) is 42.5 Å². The number of nitrogens with zero attached hydrogens (tertiary/aromatic N) is 2. The lowest BCUT2D eigenvalue weighted by atomic mass is 10.2. The molecule has 1 atom stereocenters. The van der Waals surface area contributed by atoms with Crippen molar-refractivity contribution >= 4 is 28.9 Å². The van der Waals surface area contributed by atoms with E-state index in [2.05, 4.69) is 5.32 Å². The van der Waals surface area contributed by atoms with Crippen molar-refractivity contribution in [1.29, 1.82) is 0 Å². The number of amides is 1. The average Bonchev–Trinajstić information content (AvgIpc) is 2.68. The zero-order chi connectivity index (χ0) is 20.7. The fourth-order valence-electron chi connectivity index (χ4n) is 2.37. The number of rotatable bonds is 9. The molecule has 0 aliphatic carbocycles. The van der Waals surface area contributed by atoms with E-state index in [0.29, 0.717) is 29.6 Å². The van der Waals surface area contributed by atoms with Gasteiger partial charge >= 0.3 is 0 Å². The Morgan fingerprint density at radius 1 is 1.29 bits per heavy atom. The summed E-state index contributed by atoms with van der Waals surface area (Å²) in [5, 5.41) is 14.2. The lowest BCUT2D eigenvalue weighted by Crippen LogP contribution is -2.41. The molecule has 0 aromatic heterocycles. The number of hydrogen-bond donors (Lipinski definition) is 1. The summed E-state index contributed by atoms with van der Waals surface area (Å²) in [7, 11) is 3.20. The number of nitrogens with one attached hydrogen (secondary N) is 1. The monoisotopic (exact) mass is 407 g/mol. The molecule has 0 spiro atoms. The lowest BCUT2D eigenvalue weighted by Gasteiger charge is -2.24. The molecule has 9 heteroatoms. The van der Waals surface area contributed by atoms with Gasteiger partial charge in [-0.05, 0) is 44.3 Å². The second-order valence-corrected chi connectivity index (χ2v) is 6.53. The van der Waals surface area contributed by atoms with Gasteiger partial charge in [0.2, 0.25) is 5.91 Å². The van der Waals surface area contributed by atoms with E-state index in [4.69, 9.17) is 21.1 Å². The van der Waals surface area contributed by atoms with Crippen LogP contribution in [0.4, 0.5) is 11.4 Å². The topological polar surface area (TPSA) is 93.9 Å². The number of carbonyl (C=O) groups excluding carboxylic acids is 1. The number of anilines is 1. The summed E-state index contributed by atoms with van der Waals surface area (Å²) in [6.07, 6.45) is 0. The number of halogens is 1. The predicted molar refractivity (Wildman–Crippen MR) is 107 cm³/mol. The fourth-order valence-corrected chi connectivity index (χ4v) is 2.49. The molecule has 0 saturated carbocycles. The highest BCUT2D eigenvalue weighted by Gasteiger charge is 2.20. The normalized spacial score (nSPS) is 11.8. The van der Waals surface area contributed by atoms with Crippen LogP contribution >= 0.6 is 11.6 Å². The van der Waals surface area contributed by atoms with Gasteiger partial charge in [-0.3, -0.25) is 19.8 Å². The van der Waals surface area contributed by atoms with Gasteiger partial charge in [0, 0.05) is 17.6 Å². The molecule has 0 unspecified atom stereocenters. The molecule has 0 aliphatic rings. The van der Waals surface area contributed by atoms with Crippen molar-refractivity contribution in [1.82, 2.24) is 4.90 Å². The second kappa shape index (κ2) is 9.91. The molecule has 0 radical (unpaired) electrons. The number of hydrogen-bond acceptors (Lipinski definition) is 6. The number of non-ortho nitro benzene ring substituents is 1. The van der Waals surface area contributed by atoms with Crippen LogP contribution < -0.4 is 14.8 Å². The molecule has 2 rings (SSSR count). The van der Waals surface area contributed by atoms with E-state index in [1.54, 1.807) is 31.2 Å². The van der Waals surface area contributed by atoms with Crippen molar-refractivity contribution < 1.29 is 19.2 Å². The summed E-state index contributed by atoms with van der Waals surface area (Å²) in [5.41, 5.74) is 0.259. The van der Waals surface area contributed by atoms with Gasteiger partial charge in [0.15, 0.2) is 0 Å². The maximum absolute atomic E-state index is 12.5. The van der Waals surface area contributed by atoms with Crippen LogP contribution in [-0.2, 0) is 4.79 Å². The summed E-state index contributed by atoms with van der Waals surface area (Å²) in [6, 6.07) is 10.6. The molecular formula is C19H22ClN3O5. The van der Waals surface area contributed by atoms with Crippen molar-refractivity contribution in [3.05, 3.63) is 57.6 Å². The number of methoxy groups -OCH3 is 1. The molecule has 2 aromatic carbocycles. The predicted octanol–water partition coefficient (Wildman–Crippen LogP) is 3.59. The SMILES string of the molecule is COc1cc([N+](=O)[O-])ccc1NC(=O)[C@H](C)N(C)CCOc1ccc(Cl)cc1.